The maximum Gasteiger partial charge on any atom is 0.247 e. The molecule has 1 heterocycles. The summed E-state index contributed by atoms with van der Waals surface area (Å²) < 4.78 is 0. The molecule has 1 aromatic rings. The van der Waals surface area contributed by atoms with Crippen molar-refractivity contribution in [1.82, 2.24) is 4.90 Å². The lowest BCUT2D eigenvalue weighted by atomic mass is 9.91. The van der Waals surface area contributed by atoms with Crippen molar-refractivity contribution < 1.29 is 9.59 Å². The maximum absolute atomic E-state index is 12.9. The van der Waals surface area contributed by atoms with Crippen LogP contribution < -0.4 is 5.32 Å². The molecule has 0 saturated carbocycles. The zero-order chi connectivity index (χ0) is 17.8. The van der Waals surface area contributed by atoms with E-state index in [-0.39, 0.29) is 17.7 Å². The molecule has 6 heteroatoms. The summed E-state index contributed by atoms with van der Waals surface area (Å²) in [5.74, 6) is -0.0763. The van der Waals surface area contributed by atoms with Gasteiger partial charge in [-0.15, -0.1) is 0 Å². The zero-order valence-electron chi connectivity index (χ0n) is 14.0. The monoisotopic (exact) mass is 380 g/mol. The number of benzene rings is 1. The quantitative estimate of drug-likeness (QED) is 0.774. The van der Waals surface area contributed by atoms with Crippen LogP contribution in [-0.4, -0.2) is 29.3 Å². The largest absolute Gasteiger partial charge is 0.330 e. The Kier molecular flexibility index (Phi) is 6.02. The van der Waals surface area contributed by atoms with E-state index in [2.05, 4.69) is 17.5 Å². The summed E-state index contributed by atoms with van der Waals surface area (Å²) >= 11 is 12.0. The highest BCUT2D eigenvalue weighted by atomic mass is 35.5. The first-order valence-electron chi connectivity index (χ1n) is 8.77. The minimum Gasteiger partial charge on any atom is -0.330 e. The Bertz CT molecular complexity index is 690. The second-order valence-corrected chi connectivity index (χ2v) is 7.48. The summed E-state index contributed by atoms with van der Waals surface area (Å²) in [5.41, 5.74) is 0.523. The third-order valence-corrected chi connectivity index (χ3v) is 5.44. The summed E-state index contributed by atoms with van der Waals surface area (Å²) in [7, 11) is 0. The molecule has 1 N–H and O–H groups in total. The first-order chi connectivity index (χ1) is 12.1. The Morgan fingerprint density at radius 1 is 1.12 bits per heavy atom. The standard InChI is InChI=1S/C19H22Cl2N2O2/c20-14-9-10-16(15(21)12-14)22-18(24)17-8-4-5-11-23(17)19(25)13-6-2-1-3-7-13/h1-2,9-10,12-13,17H,3-8,11H2,(H,22,24). The summed E-state index contributed by atoms with van der Waals surface area (Å²) in [6.45, 7) is 0.644. The van der Waals surface area contributed by atoms with E-state index in [4.69, 9.17) is 23.2 Å². The Labute approximate surface area is 158 Å². The van der Waals surface area contributed by atoms with Gasteiger partial charge in [0.1, 0.15) is 6.04 Å². The van der Waals surface area contributed by atoms with Crippen LogP contribution in [0.5, 0.6) is 0 Å². The minimum atomic E-state index is -0.432. The summed E-state index contributed by atoms with van der Waals surface area (Å²) in [6.07, 6.45) is 9.33. The molecule has 0 aromatic heterocycles. The van der Waals surface area contributed by atoms with Crippen molar-refractivity contribution in [1.29, 1.82) is 0 Å². The van der Waals surface area contributed by atoms with E-state index in [1.807, 2.05) is 0 Å². The van der Waals surface area contributed by atoms with E-state index in [1.54, 1.807) is 23.1 Å². The van der Waals surface area contributed by atoms with Crippen molar-refractivity contribution in [3.63, 3.8) is 0 Å². The molecule has 2 amide bonds. The molecule has 2 unspecified atom stereocenters. The second kappa shape index (κ2) is 8.24. The first kappa shape index (κ1) is 18.3. The van der Waals surface area contributed by atoms with Gasteiger partial charge in [-0.2, -0.15) is 0 Å². The number of anilines is 1. The number of rotatable bonds is 3. The fourth-order valence-electron chi connectivity index (χ4n) is 3.53. The molecule has 2 atom stereocenters. The lowest BCUT2D eigenvalue weighted by Crippen LogP contribution is -2.52. The highest BCUT2D eigenvalue weighted by Crippen LogP contribution is 2.28. The van der Waals surface area contributed by atoms with Gasteiger partial charge < -0.3 is 10.2 Å². The number of nitrogens with zero attached hydrogens (tertiary/aromatic N) is 1. The number of allylic oxidation sites excluding steroid dienone is 2. The summed E-state index contributed by atoms with van der Waals surface area (Å²) in [6, 6.07) is 4.53. The van der Waals surface area contributed by atoms with Crippen molar-refractivity contribution in [3.05, 3.63) is 40.4 Å². The smallest absolute Gasteiger partial charge is 0.247 e. The van der Waals surface area contributed by atoms with Gasteiger partial charge in [-0.25, -0.2) is 0 Å². The van der Waals surface area contributed by atoms with E-state index in [0.717, 1.165) is 32.1 Å². The number of amides is 2. The van der Waals surface area contributed by atoms with Crippen molar-refractivity contribution in [3.8, 4) is 0 Å². The fraction of sp³-hybridized carbons (Fsp3) is 0.474. The Hall–Kier alpha value is -1.52. The van der Waals surface area contributed by atoms with Crippen LogP contribution >= 0.6 is 23.2 Å². The molecule has 0 radical (unpaired) electrons. The Morgan fingerprint density at radius 3 is 2.68 bits per heavy atom. The number of carbonyl (C=O) groups excluding carboxylic acids is 2. The van der Waals surface area contributed by atoms with E-state index in [9.17, 15) is 9.59 Å². The average Bonchev–Trinajstić information content (AvgIpc) is 2.64. The third kappa shape index (κ3) is 4.36. The van der Waals surface area contributed by atoms with Gasteiger partial charge in [-0.1, -0.05) is 35.4 Å². The van der Waals surface area contributed by atoms with Crippen molar-refractivity contribution in [2.75, 3.05) is 11.9 Å². The van der Waals surface area contributed by atoms with Gasteiger partial charge in [0.2, 0.25) is 11.8 Å². The predicted octanol–water partition coefficient (Wildman–Crippen LogP) is 4.67. The summed E-state index contributed by atoms with van der Waals surface area (Å²) in [4.78, 5) is 27.5. The Morgan fingerprint density at radius 2 is 1.96 bits per heavy atom. The number of hydrogen-bond donors (Lipinski definition) is 1. The van der Waals surface area contributed by atoms with Gasteiger partial charge >= 0.3 is 0 Å². The SMILES string of the molecule is O=C(Nc1ccc(Cl)cc1Cl)C1CCCCN1C(=O)C1CC=CCC1. The van der Waals surface area contributed by atoms with Gasteiger partial charge in [-0.3, -0.25) is 9.59 Å². The molecular weight excluding hydrogens is 359 g/mol. The van der Waals surface area contributed by atoms with Crippen molar-refractivity contribution in [2.45, 2.75) is 44.6 Å². The molecule has 0 bridgehead atoms. The van der Waals surface area contributed by atoms with Crippen LogP contribution in [0.15, 0.2) is 30.4 Å². The molecule has 1 saturated heterocycles. The normalized spacial score (nSPS) is 23.4. The first-order valence-corrected chi connectivity index (χ1v) is 9.53. The highest BCUT2D eigenvalue weighted by molar-refractivity contribution is 6.36. The van der Waals surface area contributed by atoms with Crippen LogP contribution in [0.1, 0.15) is 38.5 Å². The number of piperidine rings is 1. The van der Waals surface area contributed by atoms with Crippen LogP contribution in [0.25, 0.3) is 0 Å². The molecular formula is C19H22Cl2N2O2. The van der Waals surface area contributed by atoms with Crippen LogP contribution in [0.4, 0.5) is 5.69 Å². The number of halogens is 2. The van der Waals surface area contributed by atoms with Crippen LogP contribution in [0.3, 0.4) is 0 Å². The molecule has 1 aliphatic carbocycles. The van der Waals surface area contributed by atoms with Crippen molar-refractivity contribution in [2.24, 2.45) is 5.92 Å². The maximum atomic E-state index is 12.9. The van der Waals surface area contributed by atoms with Crippen LogP contribution in [-0.2, 0) is 9.59 Å². The fourth-order valence-corrected chi connectivity index (χ4v) is 3.98. The number of hydrogen-bond acceptors (Lipinski definition) is 2. The highest BCUT2D eigenvalue weighted by Gasteiger charge is 2.35. The lowest BCUT2D eigenvalue weighted by molar-refractivity contribution is -0.144. The molecule has 134 valence electrons. The van der Waals surface area contributed by atoms with Gasteiger partial charge in [-0.05, 0) is 56.7 Å². The molecule has 2 aliphatic rings. The number of likely N-dealkylation sites (tertiary alicyclic amines) is 1. The topological polar surface area (TPSA) is 49.4 Å². The molecule has 1 aliphatic heterocycles. The molecule has 1 fully saturated rings. The zero-order valence-corrected chi connectivity index (χ0v) is 15.5. The number of nitrogens with one attached hydrogen (secondary N) is 1. The van der Waals surface area contributed by atoms with Crippen LogP contribution in [0.2, 0.25) is 10.0 Å². The van der Waals surface area contributed by atoms with E-state index in [1.165, 1.54) is 0 Å². The number of carbonyl (C=O) groups is 2. The molecule has 3 rings (SSSR count). The van der Waals surface area contributed by atoms with E-state index in [0.29, 0.717) is 28.7 Å². The van der Waals surface area contributed by atoms with Gasteiger partial charge in [0.15, 0.2) is 0 Å². The lowest BCUT2D eigenvalue weighted by Gasteiger charge is -2.37. The second-order valence-electron chi connectivity index (χ2n) is 6.64. The molecule has 0 spiro atoms. The predicted molar refractivity (Wildman–Crippen MR) is 101 cm³/mol. The molecule has 25 heavy (non-hydrogen) atoms. The van der Waals surface area contributed by atoms with Gasteiger partial charge in [0.05, 0.1) is 10.7 Å². The van der Waals surface area contributed by atoms with Gasteiger partial charge in [0.25, 0.3) is 0 Å². The Balaban J connectivity index is 1.72. The van der Waals surface area contributed by atoms with E-state index >= 15 is 0 Å². The van der Waals surface area contributed by atoms with Gasteiger partial charge in [0, 0.05) is 17.5 Å². The van der Waals surface area contributed by atoms with E-state index < -0.39 is 6.04 Å². The molecule has 1 aromatic carbocycles. The summed E-state index contributed by atoms with van der Waals surface area (Å²) in [5, 5.41) is 3.77. The average molecular weight is 381 g/mol. The van der Waals surface area contributed by atoms with Crippen molar-refractivity contribution >= 4 is 40.7 Å². The minimum absolute atomic E-state index is 0.00230. The molecule has 4 nitrogen and oxygen atoms in total. The third-order valence-electron chi connectivity index (χ3n) is 4.90. The van der Waals surface area contributed by atoms with Crippen LogP contribution in [0, 0.1) is 5.92 Å².